The first-order chi connectivity index (χ1) is 18.9. The molecule has 0 radical (unpaired) electrons. The van der Waals surface area contributed by atoms with Crippen LogP contribution < -0.4 is 10.6 Å². The van der Waals surface area contributed by atoms with Gasteiger partial charge in [0.2, 0.25) is 11.8 Å². The third-order valence-electron chi connectivity index (χ3n) is 6.39. The topological polar surface area (TPSA) is 142 Å². The summed E-state index contributed by atoms with van der Waals surface area (Å²) in [5, 5.41) is 22.3. The monoisotopic (exact) mass is 558 g/mol. The quantitative estimate of drug-likeness (QED) is 0.0512. The summed E-state index contributed by atoms with van der Waals surface area (Å²) in [7, 11) is 0. The first-order valence-electron chi connectivity index (χ1n) is 15.5. The summed E-state index contributed by atoms with van der Waals surface area (Å²) in [6.07, 6.45) is 20.8. The predicted octanol–water partition coefficient (Wildman–Crippen LogP) is 6.93. The summed E-state index contributed by atoms with van der Waals surface area (Å²) in [6, 6.07) is 0. The van der Waals surface area contributed by atoms with E-state index in [1.165, 1.54) is 51.4 Å². The smallest absolute Gasteiger partial charge is 0.342 e. The standard InChI is InChI=1S/C15H29NO4.C15H29NO3/c1-2-3-4-5-6-8-11-14(17)16-13-10-7-9-12-15(18)20-19;1-2-3-4-5-6-8-11-14(17)16-13-10-7-9-12-15(18)19/h19H,2-13H2,1H3,(H,16,17);2-13H2,1H3,(H,16,17)(H,18,19). The van der Waals surface area contributed by atoms with E-state index < -0.39 is 11.9 Å². The van der Waals surface area contributed by atoms with Crippen LogP contribution in [-0.4, -0.2) is 47.2 Å². The molecule has 9 nitrogen and oxygen atoms in total. The van der Waals surface area contributed by atoms with Crippen molar-refractivity contribution in [1.29, 1.82) is 0 Å². The third kappa shape index (κ3) is 35.8. The van der Waals surface area contributed by atoms with Crippen molar-refractivity contribution >= 4 is 23.8 Å². The lowest BCUT2D eigenvalue weighted by molar-refractivity contribution is -0.234. The second-order valence-corrected chi connectivity index (χ2v) is 10.2. The van der Waals surface area contributed by atoms with Gasteiger partial charge in [0.25, 0.3) is 0 Å². The van der Waals surface area contributed by atoms with E-state index in [9.17, 15) is 19.2 Å². The number of rotatable bonds is 26. The normalized spacial score (nSPS) is 10.3. The molecule has 0 aliphatic carbocycles. The zero-order valence-corrected chi connectivity index (χ0v) is 24.9. The predicted molar refractivity (Wildman–Crippen MR) is 155 cm³/mol. The largest absolute Gasteiger partial charge is 0.481 e. The Morgan fingerprint density at radius 3 is 1.28 bits per heavy atom. The first-order valence-corrected chi connectivity index (χ1v) is 15.5. The molecule has 0 aromatic rings. The Kier molecular flexibility index (Phi) is 32.0. The number of carboxylic acids is 1. The molecule has 0 aromatic heterocycles. The number of carbonyl (C=O) groups excluding carboxylic acids is 3. The molecule has 0 aromatic carbocycles. The second-order valence-electron chi connectivity index (χ2n) is 10.2. The van der Waals surface area contributed by atoms with Crippen molar-refractivity contribution in [2.75, 3.05) is 13.1 Å². The highest BCUT2D eigenvalue weighted by Crippen LogP contribution is 2.08. The van der Waals surface area contributed by atoms with Gasteiger partial charge < -0.3 is 20.6 Å². The van der Waals surface area contributed by atoms with Crippen molar-refractivity contribution in [3.8, 4) is 0 Å². The van der Waals surface area contributed by atoms with Crippen molar-refractivity contribution in [2.45, 2.75) is 155 Å². The molecule has 9 heteroatoms. The Hall–Kier alpha value is -2.16. The summed E-state index contributed by atoms with van der Waals surface area (Å²) in [4.78, 5) is 47.4. The number of nitrogens with one attached hydrogen (secondary N) is 2. The van der Waals surface area contributed by atoms with Gasteiger partial charge in [-0.1, -0.05) is 90.9 Å². The van der Waals surface area contributed by atoms with E-state index in [1.54, 1.807) is 0 Å². The van der Waals surface area contributed by atoms with Crippen LogP contribution in [0.3, 0.4) is 0 Å². The molecular formula is C30H58N2O7. The first kappa shape index (κ1) is 39.0. The summed E-state index contributed by atoms with van der Waals surface area (Å²) < 4.78 is 0. The van der Waals surface area contributed by atoms with E-state index in [-0.39, 0.29) is 24.7 Å². The lowest BCUT2D eigenvalue weighted by Crippen LogP contribution is -2.24. The van der Waals surface area contributed by atoms with Crippen LogP contribution in [-0.2, 0) is 24.1 Å². The molecule has 0 heterocycles. The van der Waals surface area contributed by atoms with Gasteiger partial charge in [-0.25, -0.2) is 4.79 Å². The summed E-state index contributed by atoms with van der Waals surface area (Å²) in [5.41, 5.74) is 0. The number of amides is 2. The van der Waals surface area contributed by atoms with Crippen LogP contribution in [0.25, 0.3) is 0 Å². The average Bonchev–Trinajstić information content (AvgIpc) is 2.92. The highest BCUT2D eigenvalue weighted by Gasteiger charge is 2.03. The van der Waals surface area contributed by atoms with Gasteiger partial charge in [-0.2, -0.15) is 5.26 Å². The fourth-order valence-corrected chi connectivity index (χ4v) is 3.96. The number of aliphatic carboxylic acids is 1. The van der Waals surface area contributed by atoms with Gasteiger partial charge in [0.15, 0.2) is 0 Å². The average molecular weight is 559 g/mol. The molecule has 0 spiro atoms. The van der Waals surface area contributed by atoms with Gasteiger partial charge in [-0.3, -0.25) is 14.4 Å². The van der Waals surface area contributed by atoms with Crippen LogP contribution in [0.5, 0.6) is 0 Å². The maximum Gasteiger partial charge on any atom is 0.342 e. The van der Waals surface area contributed by atoms with Gasteiger partial charge in [0.05, 0.1) is 0 Å². The molecule has 0 bridgehead atoms. The van der Waals surface area contributed by atoms with E-state index in [4.69, 9.17) is 10.4 Å². The zero-order chi connectivity index (χ0) is 29.4. The van der Waals surface area contributed by atoms with Gasteiger partial charge >= 0.3 is 11.9 Å². The number of unbranched alkanes of at least 4 members (excludes halogenated alkanes) is 14. The van der Waals surface area contributed by atoms with Crippen LogP contribution in [0.1, 0.15) is 155 Å². The minimum Gasteiger partial charge on any atom is -0.481 e. The fraction of sp³-hybridized carbons (Fsp3) is 0.867. The molecule has 39 heavy (non-hydrogen) atoms. The molecule has 0 saturated carbocycles. The molecule has 0 rings (SSSR count). The lowest BCUT2D eigenvalue weighted by Gasteiger charge is -2.05. The van der Waals surface area contributed by atoms with E-state index >= 15 is 0 Å². The number of hydrogen-bond donors (Lipinski definition) is 4. The molecule has 0 saturated heterocycles. The SMILES string of the molecule is CCCCCCCCC(=O)NCCCCCC(=O)O.CCCCCCCCC(=O)NCCCCCC(=O)OO. The number of carbonyl (C=O) groups is 4. The van der Waals surface area contributed by atoms with Crippen LogP contribution >= 0.6 is 0 Å². The molecule has 0 atom stereocenters. The Morgan fingerprint density at radius 2 is 0.872 bits per heavy atom. The zero-order valence-electron chi connectivity index (χ0n) is 24.9. The summed E-state index contributed by atoms with van der Waals surface area (Å²) >= 11 is 0. The second kappa shape index (κ2) is 32.1. The molecule has 0 fully saturated rings. The minimum absolute atomic E-state index is 0.121. The maximum atomic E-state index is 11.5. The Balaban J connectivity index is 0. The van der Waals surface area contributed by atoms with E-state index in [0.29, 0.717) is 38.8 Å². The number of hydrogen-bond acceptors (Lipinski definition) is 6. The highest BCUT2D eigenvalue weighted by atomic mass is 17.1. The summed E-state index contributed by atoms with van der Waals surface area (Å²) in [5.74, 6) is -1.09. The van der Waals surface area contributed by atoms with Crippen LogP contribution in [0.4, 0.5) is 0 Å². The maximum absolute atomic E-state index is 11.5. The van der Waals surface area contributed by atoms with Crippen molar-refractivity contribution in [3.63, 3.8) is 0 Å². The summed E-state index contributed by atoms with van der Waals surface area (Å²) in [6.45, 7) is 5.72. The number of carboxylic acid groups (broad SMARTS) is 1. The van der Waals surface area contributed by atoms with E-state index in [1.807, 2.05) is 0 Å². The van der Waals surface area contributed by atoms with Crippen LogP contribution in [0.2, 0.25) is 0 Å². The van der Waals surface area contributed by atoms with Gasteiger partial charge in [0, 0.05) is 38.8 Å². The van der Waals surface area contributed by atoms with Crippen molar-refractivity contribution in [1.82, 2.24) is 10.6 Å². The highest BCUT2D eigenvalue weighted by molar-refractivity contribution is 5.76. The minimum atomic E-state index is -0.743. The lowest BCUT2D eigenvalue weighted by atomic mass is 10.1. The Bertz CT molecular complexity index is 600. The van der Waals surface area contributed by atoms with Crippen molar-refractivity contribution in [2.24, 2.45) is 0 Å². The van der Waals surface area contributed by atoms with Crippen molar-refractivity contribution < 1.29 is 34.4 Å². The third-order valence-corrected chi connectivity index (χ3v) is 6.39. The molecule has 230 valence electrons. The molecular weight excluding hydrogens is 500 g/mol. The molecule has 0 unspecified atom stereocenters. The van der Waals surface area contributed by atoms with E-state index in [2.05, 4.69) is 29.4 Å². The molecule has 0 aliphatic rings. The molecule has 0 aliphatic heterocycles. The van der Waals surface area contributed by atoms with E-state index in [0.717, 1.165) is 51.4 Å². The van der Waals surface area contributed by atoms with Gasteiger partial charge in [0.1, 0.15) is 0 Å². The molecule has 2 amide bonds. The molecule has 4 N–H and O–H groups in total. The van der Waals surface area contributed by atoms with Gasteiger partial charge in [-0.15, -0.1) is 0 Å². The Morgan fingerprint density at radius 1 is 0.513 bits per heavy atom. The van der Waals surface area contributed by atoms with Crippen LogP contribution in [0.15, 0.2) is 0 Å². The van der Waals surface area contributed by atoms with Crippen LogP contribution in [0, 0.1) is 0 Å². The fourth-order valence-electron chi connectivity index (χ4n) is 3.96. The Labute approximate surface area is 237 Å². The van der Waals surface area contributed by atoms with Crippen molar-refractivity contribution in [3.05, 3.63) is 0 Å². The van der Waals surface area contributed by atoms with Gasteiger partial charge in [-0.05, 0) is 38.5 Å².